The molecular weight excluding hydrogens is 462 g/mol. The van der Waals surface area contributed by atoms with Crippen molar-refractivity contribution in [3.8, 4) is 17.7 Å². The summed E-state index contributed by atoms with van der Waals surface area (Å²) < 4.78 is 5.84. The van der Waals surface area contributed by atoms with Gasteiger partial charge in [-0.05, 0) is 42.3 Å². The number of hydrogen-bond acceptors (Lipinski definition) is 5. The molecule has 0 unspecified atom stereocenters. The molecule has 1 N–H and O–H groups in total. The van der Waals surface area contributed by atoms with E-state index in [0.717, 1.165) is 16.5 Å². The largest absolute Gasteiger partial charge is 0.438 e. The number of aromatic amines is 1. The van der Waals surface area contributed by atoms with Crippen molar-refractivity contribution in [3.63, 3.8) is 0 Å². The number of pyridine rings is 1. The molecule has 1 saturated heterocycles. The van der Waals surface area contributed by atoms with Crippen molar-refractivity contribution in [1.82, 2.24) is 14.9 Å². The van der Waals surface area contributed by atoms with Crippen LogP contribution in [0.5, 0.6) is 11.6 Å². The van der Waals surface area contributed by atoms with Crippen LogP contribution in [-0.4, -0.2) is 38.6 Å². The molecule has 7 nitrogen and oxygen atoms in total. The van der Waals surface area contributed by atoms with Gasteiger partial charge in [0.25, 0.3) is 0 Å². The summed E-state index contributed by atoms with van der Waals surface area (Å²) in [6.45, 7) is 9.19. The first-order chi connectivity index (χ1) is 14.6. The van der Waals surface area contributed by atoms with Crippen LogP contribution in [0.2, 0.25) is 0 Å². The van der Waals surface area contributed by atoms with E-state index in [0.29, 0.717) is 29.4 Å². The Bertz CT molecular complexity index is 1180. The third-order valence-electron chi connectivity index (χ3n) is 5.08. The monoisotopic (exact) mass is 485 g/mol. The fourth-order valence-corrected chi connectivity index (χ4v) is 4.58. The summed E-state index contributed by atoms with van der Waals surface area (Å²) in [6.07, 6.45) is 3.68. The average Bonchev–Trinajstić information content (AvgIpc) is 3.40. The molecule has 10 heteroatoms. The Morgan fingerprint density at radius 1 is 1.47 bits per heavy atom. The molecule has 1 amide bonds. The average molecular weight is 486 g/mol. The van der Waals surface area contributed by atoms with E-state index < -0.39 is 0 Å². The minimum atomic E-state index is -0.361. The second-order valence-electron chi connectivity index (χ2n) is 7.11. The van der Waals surface area contributed by atoms with Gasteiger partial charge in [0, 0.05) is 29.2 Å². The topological polar surface area (TPSA) is 86.4 Å². The quantitative estimate of drug-likeness (QED) is 0.541. The van der Waals surface area contributed by atoms with Crippen molar-refractivity contribution in [2.24, 2.45) is 5.92 Å². The standard InChI is InChI=1S/C22H19N5O2S.2H2S/c1-14(22(28)27-13-30-12-20(27)24-2)8-16-11-26-19-6-5-17(9-18(16)19)29-21-15(10-23)4-3-7-25-21;;/h3-7,9,11,14,20,26H,8,12-13H2,1H3;2*1H2/t14-,20+;;/m0../s1. The summed E-state index contributed by atoms with van der Waals surface area (Å²) >= 11 is 1.62. The van der Waals surface area contributed by atoms with Crippen molar-refractivity contribution < 1.29 is 9.53 Å². The number of benzene rings is 1. The van der Waals surface area contributed by atoms with Crippen LogP contribution in [-0.2, 0) is 11.2 Å². The van der Waals surface area contributed by atoms with Gasteiger partial charge in [-0.25, -0.2) is 11.6 Å². The van der Waals surface area contributed by atoms with Crippen molar-refractivity contribution in [1.29, 1.82) is 5.26 Å². The lowest BCUT2D eigenvalue weighted by atomic mass is 9.99. The number of H-pyrrole nitrogens is 1. The number of nitrogens with zero attached hydrogens (tertiary/aromatic N) is 4. The van der Waals surface area contributed by atoms with Gasteiger partial charge in [0.2, 0.25) is 11.8 Å². The molecule has 3 heterocycles. The lowest BCUT2D eigenvalue weighted by molar-refractivity contribution is -0.134. The van der Waals surface area contributed by atoms with Crippen molar-refractivity contribution in [2.75, 3.05) is 11.6 Å². The third-order valence-corrected chi connectivity index (χ3v) is 6.08. The Kier molecular flexibility index (Phi) is 8.90. The number of nitriles is 1. The molecular formula is C22H23N5O2S3. The number of thioether (sulfide) groups is 1. The molecule has 1 aliphatic rings. The summed E-state index contributed by atoms with van der Waals surface area (Å²) in [5, 5.41) is 10.2. The molecule has 0 bridgehead atoms. The highest BCUT2D eigenvalue weighted by atomic mass is 32.2. The molecule has 0 spiro atoms. The molecule has 166 valence electrons. The summed E-state index contributed by atoms with van der Waals surface area (Å²) in [5.74, 6) is 1.85. The van der Waals surface area contributed by atoms with Crippen molar-refractivity contribution in [2.45, 2.75) is 19.5 Å². The van der Waals surface area contributed by atoms with E-state index in [1.807, 2.05) is 31.3 Å². The van der Waals surface area contributed by atoms with Gasteiger partial charge < -0.3 is 9.72 Å². The molecule has 1 fully saturated rings. The number of aromatic nitrogens is 2. The fraction of sp³-hybridized carbons (Fsp3) is 0.273. The van der Waals surface area contributed by atoms with Crippen LogP contribution in [0.3, 0.4) is 0 Å². The highest BCUT2D eigenvalue weighted by Crippen LogP contribution is 2.30. The van der Waals surface area contributed by atoms with E-state index >= 15 is 0 Å². The van der Waals surface area contributed by atoms with Gasteiger partial charge in [-0.3, -0.25) is 14.5 Å². The predicted octanol–water partition coefficient (Wildman–Crippen LogP) is 4.41. The van der Waals surface area contributed by atoms with Gasteiger partial charge in [-0.15, -0.1) is 11.8 Å². The number of fused-ring (bicyclic) bond motifs is 1. The summed E-state index contributed by atoms with van der Waals surface area (Å²) in [6, 6.07) is 11.0. The fourth-order valence-electron chi connectivity index (χ4n) is 3.51. The van der Waals surface area contributed by atoms with E-state index in [2.05, 4.69) is 20.9 Å². The maximum absolute atomic E-state index is 12.9. The SMILES string of the molecule is S.S.[C-]#[N+][C@H]1CSCN1C(=O)[C@@H](C)Cc1c[nH]c2ccc(Oc3ncccc3C#N)cc12. The molecule has 1 aromatic carbocycles. The zero-order chi connectivity index (χ0) is 21.1. The van der Waals surface area contributed by atoms with Crippen LogP contribution in [0.1, 0.15) is 18.1 Å². The third kappa shape index (κ3) is 5.16. The van der Waals surface area contributed by atoms with Gasteiger partial charge >= 0.3 is 6.17 Å². The van der Waals surface area contributed by atoms with Crippen molar-refractivity contribution in [3.05, 3.63) is 65.3 Å². The van der Waals surface area contributed by atoms with Gasteiger partial charge in [-0.1, -0.05) is 6.92 Å². The van der Waals surface area contributed by atoms with Crippen LogP contribution in [0.4, 0.5) is 0 Å². The van der Waals surface area contributed by atoms with E-state index in [9.17, 15) is 10.1 Å². The summed E-state index contributed by atoms with van der Waals surface area (Å²) in [4.78, 5) is 25.5. The Morgan fingerprint density at radius 2 is 2.28 bits per heavy atom. The molecule has 1 aliphatic heterocycles. The Morgan fingerprint density at radius 3 is 3.03 bits per heavy atom. The summed E-state index contributed by atoms with van der Waals surface area (Å²) in [7, 11) is 0. The molecule has 2 aromatic heterocycles. The smallest absolute Gasteiger partial charge is 0.310 e. The van der Waals surface area contributed by atoms with Crippen LogP contribution >= 0.6 is 38.8 Å². The molecule has 0 radical (unpaired) electrons. The molecule has 2 atom stereocenters. The maximum atomic E-state index is 12.9. The van der Waals surface area contributed by atoms with E-state index in [-0.39, 0.29) is 50.9 Å². The normalized spacial score (nSPS) is 15.7. The highest BCUT2D eigenvalue weighted by molar-refractivity contribution is 7.99. The zero-order valence-electron chi connectivity index (χ0n) is 17.3. The summed E-state index contributed by atoms with van der Waals surface area (Å²) in [5.41, 5.74) is 2.31. The van der Waals surface area contributed by atoms with E-state index in [1.54, 1.807) is 35.0 Å². The first-order valence-corrected chi connectivity index (χ1v) is 10.6. The number of nitrogens with one attached hydrogen (secondary N) is 1. The molecule has 4 rings (SSSR count). The van der Waals surface area contributed by atoms with Crippen LogP contribution in [0.15, 0.2) is 42.7 Å². The first-order valence-electron chi connectivity index (χ1n) is 9.48. The van der Waals surface area contributed by atoms with Gasteiger partial charge in [0.15, 0.2) is 0 Å². The van der Waals surface area contributed by atoms with Gasteiger partial charge in [-0.2, -0.15) is 32.3 Å². The van der Waals surface area contributed by atoms with Gasteiger partial charge in [0.1, 0.15) is 17.4 Å². The van der Waals surface area contributed by atoms with Crippen LogP contribution in [0, 0.1) is 23.8 Å². The number of ether oxygens (including phenoxy) is 1. The highest BCUT2D eigenvalue weighted by Gasteiger charge is 2.35. The molecule has 0 saturated carbocycles. The second-order valence-corrected chi connectivity index (χ2v) is 8.11. The Balaban J connectivity index is 0.00000181. The second kappa shape index (κ2) is 11.2. The number of rotatable bonds is 5. The number of carbonyl (C=O) groups excluding carboxylic acids is 1. The minimum absolute atomic E-state index is 0. The van der Waals surface area contributed by atoms with Crippen molar-refractivity contribution >= 4 is 55.6 Å². The predicted molar refractivity (Wildman–Crippen MR) is 136 cm³/mol. The molecule has 3 aromatic rings. The lowest BCUT2D eigenvalue weighted by Crippen LogP contribution is -2.38. The lowest BCUT2D eigenvalue weighted by Gasteiger charge is -2.20. The number of hydrogen-bond donors (Lipinski definition) is 1. The van der Waals surface area contributed by atoms with E-state index in [4.69, 9.17) is 11.3 Å². The van der Waals surface area contributed by atoms with Crippen LogP contribution in [0.25, 0.3) is 15.7 Å². The van der Waals surface area contributed by atoms with E-state index in [1.165, 1.54) is 0 Å². The van der Waals surface area contributed by atoms with Crippen LogP contribution < -0.4 is 4.74 Å². The Hall–Kier alpha value is -2.79. The zero-order valence-corrected chi connectivity index (χ0v) is 20.1. The first kappa shape index (κ1) is 25.5. The number of amides is 1. The van der Waals surface area contributed by atoms with Gasteiger partial charge in [0.05, 0.1) is 11.6 Å². The minimum Gasteiger partial charge on any atom is -0.438 e. The molecule has 32 heavy (non-hydrogen) atoms. The number of carbonyl (C=O) groups is 1. The Labute approximate surface area is 204 Å². The molecule has 0 aliphatic carbocycles. The maximum Gasteiger partial charge on any atom is 0.310 e.